The second-order valence-electron chi connectivity index (χ2n) is 7.61. The molecule has 4 heteroatoms. The van der Waals surface area contributed by atoms with Gasteiger partial charge in [-0.05, 0) is 82.8 Å². The van der Waals surface area contributed by atoms with Crippen molar-refractivity contribution >= 4 is 12.2 Å². The number of hydrogen-bond acceptors (Lipinski definition) is 3. The Bertz CT molecular complexity index is 784. The maximum absolute atomic E-state index is 6.02. The Morgan fingerprint density at radius 1 is 1.26 bits per heavy atom. The third-order valence-electron chi connectivity index (χ3n) is 5.41. The van der Waals surface area contributed by atoms with Crippen molar-refractivity contribution in [2.75, 3.05) is 13.1 Å². The Balaban J connectivity index is 0.00000156. The molecular formula is C27H43N3O. The van der Waals surface area contributed by atoms with Gasteiger partial charge in [-0.3, -0.25) is 0 Å². The van der Waals surface area contributed by atoms with Gasteiger partial charge in [-0.25, -0.2) is 4.98 Å². The molecule has 2 heterocycles. The van der Waals surface area contributed by atoms with Crippen molar-refractivity contribution in [2.24, 2.45) is 5.92 Å². The van der Waals surface area contributed by atoms with Crippen LogP contribution in [-0.4, -0.2) is 22.6 Å². The zero-order valence-corrected chi connectivity index (χ0v) is 19.3. The van der Waals surface area contributed by atoms with E-state index in [0.717, 1.165) is 48.4 Å². The van der Waals surface area contributed by atoms with E-state index >= 15 is 0 Å². The molecule has 0 bridgehead atoms. The Morgan fingerprint density at radius 2 is 2.00 bits per heavy atom. The Kier molecular flexibility index (Phi) is 12.6. The third-order valence-corrected chi connectivity index (χ3v) is 5.41. The summed E-state index contributed by atoms with van der Waals surface area (Å²) in [5.74, 6) is 2.64. The van der Waals surface area contributed by atoms with Crippen LogP contribution in [0.4, 0.5) is 0 Å². The Labute approximate surface area is 190 Å². The Hall–Kier alpha value is -2.33. The summed E-state index contributed by atoms with van der Waals surface area (Å²) in [4.78, 5) is 4.80. The van der Waals surface area contributed by atoms with E-state index in [1.54, 1.807) is 0 Å². The molecule has 0 amide bonds. The van der Waals surface area contributed by atoms with Gasteiger partial charge in [-0.1, -0.05) is 51.6 Å². The number of allylic oxidation sites excluding steroid dienone is 1. The van der Waals surface area contributed by atoms with E-state index in [9.17, 15) is 0 Å². The minimum Gasteiger partial charge on any atom is -0.486 e. The first-order valence-corrected chi connectivity index (χ1v) is 11.5. The lowest BCUT2D eigenvalue weighted by Crippen LogP contribution is -2.29. The molecule has 1 aliphatic heterocycles. The summed E-state index contributed by atoms with van der Waals surface area (Å²) in [6.07, 6.45) is 11.1. The van der Waals surface area contributed by atoms with E-state index in [1.165, 1.54) is 31.4 Å². The zero-order chi connectivity index (χ0) is 21.8. The molecular weight excluding hydrogens is 382 g/mol. The fraction of sp³-hybridized carbons (Fsp3) is 0.519. The van der Waals surface area contributed by atoms with E-state index in [2.05, 4.69) is 47.7 Å². The predicted octanol–water partition coefficient (Wildman–Crippen LogP) is 6.89. The van der Waals surface area contributed by atoms with Crippen molar-refractivity contribution in [3.05, 3.63) is 59.7 Å². The molecule has 0 spiro atoms. The zero-order valence-electron chi connectivity index (χ0n) is 19.3. The average molecular weight is 426 g/mol. The number of aryl methyl sites for hydroxylation is 1. The van der Waals surface area contributed by atoms with Crippen molar-refractivity contribution < 1.29 is 4.74 Å². The van der Waals surface area contributed by atoms with Crippen LogP contribution < -0.4 is 10.1 Å². The van der Waals surface area contributed by atoms with Crippen LogP contribution >= 0.6 is 0 Å². The van der Waals surface area contributed by atoms with Crippen LogP contribution in [0.25, 0.3) is 12.2 Å². The van der Waals surface area contributed by atoms with Gasteiger partial charge in [-0.15, -0.1) is 0 Å². The summed E-state index contributed by atoms with van der Waals surface area (Å²) >= 11 is 0. The normalized spacial score (nSPS) is 15.7. The molecule has 4 nitrogen and oxygen atoms in total. The summed E-state index contributed by atoms with van der Waals surface area (Å²) < 4.78 is 8.33. The third kappa shape index (κ3) is 8.02. The van der Waals surface area contributed by atoms with Crippen LogP contribution in [0.3, 0.4) is 0 Å². The lowest BCUT2D eigenvalue weighted by atomic mass is 9.95. The van der Waals surface area contributed by atoms with Gasteiger partial charge in [0, 0.05) is 6.54 Å². The quantitative estimate of drug-likeness (QED) is 0.475. The number of nitrogens with one attached hydrogen (secondary N) is 1. The van der Waals surface area contributed by atoms with Crippen molar-refractivity contribution in [2.45, 2.75) is 74.0 Å². The first kappa shape index (κ1) is 26.7. The van der Waals surface area contributed by atoms with Gasteiger partial charge in [0.25, 0.3) is 0 Å². The number of aromatic nitrogens is 2. The van der Waals surface area contributed by atoms with Crippen LogP contribution in [0.1, 0.15) is 76.7 Å². The molecule has 1 aliphatic rings. The van der Waals surface area contributed by atoms with Gasteiger partial charge < -0.3 is 14.6 Å². The molecule has 0 radical (unpaired) electrons. The fourth-order valence-corrected chi connectivity index (χ4v) is 3.87. The van der Waals surface area contributed by atoms with Crippen molar-refractivity contribution in [3.63, 3.8) is 0 Å². The number of rotatable bonds is 9. The minimum atomic E-state index is 0. The molecule has 1 fully saturated rings. The van der Waals surface area contributed by atoms with Gasteiger partial charge in [0.2, 0.25) is 0 Å². The highest BCUT2D eigenvalue weighted by molar-refractivity contribution is 5.59. The minimum absolute atomic E-state index is 0. The predicted molar refractivity (Wildman–Crippen MR) is 135 cm³/mol. The topological polar surface area (TPSA) is 39.1 Å². The van der Waals surface area contributed by atoms with Gasteiger partial charge in [0.05, 0.1) is 11.4 Å². The van der Waals surface area contributed by atoms with E-state index in [-0.39, 0.29) is 7.43 Å². The van der Waals surface area contributed by atoms with Crippen LogP contribution in [-0.2, 0) is 13.2 Å². The molecule has 1 aromatic heterocycles. The van der Waals surface area contributed by atoms with Gasteiger partial charge in [0.15, 0.2) is 0 Å². The van der Waals surface area contributed by atoms with Gasteiger partial charge in [0.1, 0.15) is 18.2 Å². The summed E-state index contributed by atoms with van der Waals surface area (Å²) in [7, 11) is 0. The van der Waals surface area contributed by atoms with Gasteiger partial charge in [-0.2, -0.15) is 0 Å². The lowest BCUT2D eigenvalue weighted by molar-refractivity contribution is 0.286. The van der Waals surface area contributed by atoms with Crippen LogP contribution in [0.15, 0.2) is 36.9 Å². The number of piperidine rings is 1. The molecule has 1 aromatic carbocycles. The summed E-state index contributed by atoms with van der Waals surface area (Å²) in [5, 5.41) is 3.52. The highest BCUT2D eigenvalue weighted by Crippen LogP contribution is 2.21. The number of nitrogens with zero attached hydrogens (tertiary/aromatic N) is 2. The van der Waals surface area contributed by atoms with Crippen LogP contribution in [0, 0.1) is 12.8 Å². The summed E-state index contributed by atoms with van der Waals surface area (Å²) in [5.41, 5.74) is 3.29. The average Bonchev–Trinajstić information content (AvgIpc) is 3.12. The van der Waals surface area contributed by atoms with Crippen LogP contribution in [0.5, 0.6) is 5.75 Å². The van der Waals surface area contributed by atoms with E-state index in [1.807, 2.05) is 39.0 Å². The largest absolute Gasteiger partial charge is 0.486 e. The number of benzene rings is 1. The Morgan fingerprint density at radius 3 is 2.61 bits per heavy atom. The molecule has 2 aromatic rings. The monoisotopic (exact) mass is 425 g/mol. The van der Waals surface area contributed by atoms with E-state index in [4.69, 9.17) is 9.72 Å². The standard InChI is InChI=1S/C24H33N3O.C2H6.CH4/c1-4-8-23-22(5-2)26-24(18-28-21-13-11-19(3)12-14-21)27(23)16-7-10-20-9-6-15-25-17-20;1-2;/h4-5,8,11-14,20,25H,2,6-7,9-10,15-18H2,1,3H3;1-2H3;1H4/b8-4-;;. The highest BCUT2D eigenvalue weighted by atomic mass is 16.5. The molecule has 0 saturated carbocycles. The molecule has 1 atom stereocenters. The van der Waals surface area contributed by atoms with E-state index in [0.29, 0.717) is 6.61 Å². The second-order valence-corrected chi connectivity index (χ2v) is 7.61. The smallest absolute Gasteiger partial charge is 0.147 e. The molecule has 1 unspecified atom stereocenters. The van der Waals surface area contributed by atoms with Crippen LogP contribution in [0.2, 0.25) is 0 Å². The van der Waals surface area contributed by atoms with Crippen molar-refractivity contribution in [1.29, 1.82) is 0 Å². The summed E-state index contributed by atoms with van der Waals surface area (Å²) in [6, 6.07) is 8.17. The second kappa shape index (κ2) is 14.6. The van der Waals surface area contributed by atoms with Gasteiger partial charge >= 0.3 is 0 Å². The number of hydrogen-bond donors (Lipinski definition) is 1. The lowest BCUT2D eigenvalue weighted by Gasteiger charge is -2.23. The fourth-order valence-electron chi connectivity index (χ4n) is 3.87. The summed E-state index contributed by atoms with van der Waals surface area (Å²) in [6.45, 7) is 15.8. The molecule has 31 heavy (non-hydrogen) atoms. The SMILES string of the molecule is C.C=Cc1nc(COc2ccc(C)cc2)n(CCCC2CCCNC2)c1/C=C\C.CC. The highest BCUT2D eigenvalue weighted by Gasteiger charge is 2.16. The first-order chi connectivity index (χ1) is 14.7. The van der Waals surface area contributed by atoms with Crippen molar-refractivity contribution in [1.82, 2.24) is 14.9 Å². The maximum Gasteiger partial charge on any atom is 0.147 e. The van der Waals surface area contributed by atoms with E-state index < -0.39 is 0 Å². The molecule has 0 aliphatic carbocycles. The first-order valence-electron chi connectivity index (χ1n) is 11.5. The maximum atomic E-state index is 6.02. The number of imidazole rings is 1. The molecule has 172 valence electrons. The number of ether oxygens (including phenoxy) is 1. The molecule has 1 N–H and O–H groups in total. The van der Waals surface area contributed by atoms with Crippen molar-refractivity contribution in [3.8, 4) is 5.75 Å². The molecule has 1 saturated heterocycles. The molecule has 3 rings (SSSR count).